The minimum Gasteiger partial charge on any atom is -0.497 e. The summed E-state index contributed by atoms with van der Waals surface area (Å²) >= 11 is 0. The van der Waals surface area contributed by atoms with Gasteiger partial charge in [-0.25, -0.2) is 4.68 Å². The summed E-state index contributed by atoms with van der Waals surface area (Å²) in [5.41, 5.74) is 2.88. The molecule has 31 heavy (non-hydrogen) atoms. The van der Waals surface area contributed by atoms with E-state index in [4.69, 9.17) is 9.47 Å². The number of methoxy groups -OCH3 is 2. The van der Waals surface area contributed by atoms with Gasteiger partial charge in [0, 0.05) is 17.2 Å². The molecule has 1 aromatic heterocycles. The zero-order chi connectivity index (χ0) is 21.6. The van der Waals surface area contributed by atoms with E-state index in [9.17, 15) is 4.79 Å². The van der Waals surface area contributed by atoms with Gasteiger partial charge < -0.3 is 14.8 Å². The molecule has 0 saturated heterocycles. The van der Waals surface area contributed by atoms with Crippen molar-refractivity contribution in [3.8, 4) is 28.3 Å². The van der Waals surface area contributed by atoms with Gasteiger partial charge in [0.15, 0.2) is 0 Å². The van der Waals surface area contributed by atoms with Gasteiger partial charge in [0.25, 0.3) is 5.91 Å². The number of tetrazole rings is 1. The minimum absolute atomic E-state index is 0.0927. The molecule has 0 spiro atoms. The van der Waals surface area contributed by atoms with Crippen molar-refractivity contribution in [3.05, 3.63) is 48.3 Å². The topological polar surface area (TPSA) is 91.2 Å². The van der Waals surface area contributed by atoms with Crippen LogP contribution in [-0.4, -0.2) is 46.4 Å². The van der Waals surface area contributed by atoms with E-state index in [0.717, 1.165) is 36.8 Å². The van der Waals surface area contributed by atoms with Crippen LogP contribution in [0.5, 0.6) is 11.5 Å². The van der Waals surface area contributed by atoms with Crippen LogP contribution < -0.4 is 14.8 Å². The third-order valence-electron chi connectivity index (χ3n) is 5.70. The van der Waals surface area contributed by atoms with Crippen LogP contribution in [0.3, 0.4) is 0 Å². The minimum atomic E-state index is -0.0927. The van der Waals surface area contributed by atoms with Gasteiger partial charge in [-0.1, -0.05) is 25.7 Å². The van der Waals surface area contributed by atoms with Crippen LogP contribution >= 0.6 is 0 Å². The summed E-state index contributed by atoms with van der Waals surface area (Å²) < 4.78 is 12.5. The number of nitrogens with zero attached hydrogens (tertiary/aromatic N) is 4. The first kappa shape index (κ1) is 20.8. The molecule has 8 heteroatoms. The summed E-state index contributed by atoms with van der Waals surface area (Å²) in [6.45, 7) is 0. The second-order valence-electron chi connectivity index (χ2n) is 7.75. The number of amides is 1. The van der Waals surface area contributed by atoms with Gasteiger partial charge in [-0.05, 0) is 65.2 Å². The van der Waals surface area contributed by atoms with Crippen LogP contribution in [0.1, 0.15) is 48.9 Å². The molecule has 1 heterocycles. The number of ether oxygens (including phenoxy) is 2. The highest BCUT2D eigenvalue weighted by molar-refractivity contribution is 5.96. The number of hydrogen-bond acceptors (Lipinski definition) is 6. The molecule has 3 aromatic rings. The Morgan fingerprint density at radius 3 is 2.52 bits per heavy atom. The van der Waals surface area contributed by atoms with E-state index in [2.05, 4.69) is 20.8 Å². The van der Waals surface area contributed by atoms with Crippen molar-refractivity contribution in [1.82, 2.24) is 25.5 Å². The number of carbonyl (C=O) groups excluding carboxylic acids is 1. The number of rotatable bonds is 6. The number of aromatic nitrogens is 4. The first-order chi connectivity index (χ1) is 15.2. The lowest BCUT2D eigenvalue weighted by Gasteiger charge is -2.18. The molecule has 0 aliphatic heterocycles. The molecule has 0 atom stereocenters. The van der Waals surface area contributed by atoms with Crippen molar-refractivity contribution in [1.29, 1.82) is 0 Å². The van der Waals surface area contributed by atoms with Gasteiger partial charge in [-0.3, -0.25) is 4.79 Å². The van der Waals surface area contributed by atoms with Crippen molar-refractivity contribution in [3.63, 3.8) is 0 Å². The third-order valence-corrected chi connectivity index (χ3v) is 5.70. The lowest BCUT2D eigenvalue weighted by atomic mass is 9.99. The predicted molar refractivity (Wildman–Crippen MR) is 117 cm³/mol. The van der Waals surface area contributed by atoms with Crippen LogP contribution in [-0.2, 0) is 0 Å². The predicted octanol–water partition coefficient (Wildman–Crippen LogP) is 3.80. The van der Waals surface area contributed by atoms with Gasteiger partial charge >= 0.3 is 0 Å². The molecule has 1 aliphatic carbocycles. The molecule has 2 aromatic carbocycles. The summed E-state index contributed by atoms with van der Waals surface area (Å²) in [6.07, 6.45) is 8.34. The Hall–Kier alpha value is -3.42. The van der Waals surface area contributed by atoms with Gasteiger partial charge in [-0.15, -0.1) is 5.10 Å². The Morgan fingerprint density at radius 1 is 1.03 bits per heavy atom. The molecule has 1 N–H and O–H groups in total. The van der Waals surface area contributed by atoms with E-state index in [0.29, 0.717) is 22.7 Å². The number of benzene rings is 2. The number of hydrogen-bond donors (Lipinski definition) is 1. The van der Waals surface area contributed by atoms with Crippen molar-refractivity contribution < 1.29 is 14.3 Å². The van der Waals surface area contributed by atoms with E-state index in [1.54, 1.807) is 25.0 Å². The smallest absolute Gasteiger partial charge is 0.251 e. The van der Waals surface area contributed by atoms with Gasteiger partial charge in [0.05, 0.1) is 19.9 Å². The monoisotopic (exact) mass is 421 g/mol. The Morgan fingerprint density at radius 2 is 1.84 bits per heavy atom. The summed E-state index contributed by atoms with van der Waals surface area (Å²) in [4.78, 5) is 13.2. The zero-order valence-corrected chi connectivity index (χ0v) is 17.9. The quantitative estimate of drug-likeness (QED) is 0.609. The van der Waals surface area contributed by atoms with E-state index in [-0.39, 0.29) is 11.9 Å². The average molecular weight is 422 g/mol. The third kappa shape index (κ3) is 4.84. The Balaban J connectivity index is 1.74. The van der Waals surface area contributed by atoms with Crippen molar-refractivity contribution in [2.45, 2.75) is 44.6 Å². The van der Waals surface area contributed by atoms with Crippen LogP contribution in [0.4, 0.5) is 0 Å². The highest BCUT2D eigenvalue weighted by atomic mass is 16.5. The number of nitrogens with one attached hydrogen (secondary N) is 1. The molecule has 0 bridgehead atoms. The summed E-state index contributed by atoms with van der Waals surface area (Å²) in [7, 11) is 3.24. The fourth-order valence-corrected chi connectivity index (χ4v) is 4.04. The van der Waals surface area contributed by atoms with E-state index in [1.807, 2.05) is 30.3 Å². The van der Waals surface area contributed by atoms with E-state index < -0.39 is 0 Å². The number of carbonyl (C=O) groups is 1. The molecule has 1 saturated carbocycles. The maximum absolute atomic E-state index is 13.2. The highest BCUT2D eigenvalue weighted by Gasteiger charge is 2.18. The molecule has 0 unspecified atom stereocenters. The van der Waals surface area contributed by atoms with Crippen molar-refractivity contribution in [2.75, 3.05) is 14.2 Å². The molecule has 1 amide bonds. The molecule has 1 fully saturated rings. The fourth-order valence-electron chi connectivity index (χ4n) is 4.04. The maximum atomic E-state index is 13.2. The standard InChI is InChI=1S/C23H27N5O3/c1-30-20-9-10-22(31-2)21(14-20)16-11-17(13-19(12-16)28-15-24-26-27-28)23(29)25-18-7-5-3-4-6-8-18/h9-15,18H,3-8H2,1-2H3,(H,25,29). The van der Waals surface area contributed by atoms with Gasteiger partial charge in [-0.2, -0.15) is 0 Å². The Labute approximate surface area is 181 Å². The molecule has 8 nitrogen and oxygen atoms in total. The molecular weight excluding hydrogens is 394 g/mol. The van der Waals surface area contributed by atoms with Crippen LogP contribution in [0.2, 0.25) is 0 Å². The largest absolute Gasteiger partial charge is 0.497 e. The summed E-state index contributed by atoms with van der Waals surface area (Å²) in [5, 5.41) is 14.7. The highest BCUT2D eigenvalue weighted by Crippen LogP contribution is 2.35. The summed E-state index contributed by atoms with van der Waals surface area (Å²) in [5.74, 6) is 1.29. The van der Waals surface area contributed by atoms with Crippen molar-refractivity contribution in [2.24, 2.45) is 0 Å². The first-order valence-corrected chi connectivity index (χ1v) is 10.6. The molecule has 0 radical (unpaired) electrons. The second-order valence-corrected chi connectivity index (χ2v) is 7.75. The average Bonchev–Trinajstić information content (AvgIpc) is 3.23. The van der Waals surface area contributed by atoms with Gasteiger partial charge in [0.2, 0.25) is 0 Å². The molecule has 1 aliphatic rings. The first-order valence-electron chi connectivity index (χ1n) is 10.6. The van der Waals surface area contributed by atoms with Crippen molar-refractivity contribution >= 4 is 5.91 Å². The zero-order valence-electron chi connectivity index (χ0n) is 17.9. The normalized spacial score (nSPS) is 14.6. The van der Waals surface area contributed by atoms with E-state index in [1.165, 1.54) is 19.2 Å². The van der Waals surface area contributed by atoms with E-state index >= 15 is 0 Å². The lowest BCUT2D eigenvalue weighted by molar-refractivity contribution is 0.0933. The van der Waals surface area contributed by atoms with Crippen LogP contribution in [0.25, 0.3) is 16.8 Å². The molecule has 162 valence electrons. The maximum Gasteiger partial charge on any atom is 0.251 e. The van der Waals surface area contributed by atoms with Crippen LogP contribution in [0.15, 0.2) is 42.7 Å². The second kappa shape index (κ2) is 9.59. The Kier molecular flexibility index (Phi) is 6.45. The van der Waals surface area contributed by atoms with Crippen LogP contribution in [0, 0.1) is 0 Å². The summed E-state index contributed by atoms with van der Waals surface area (Å²) in [6, 6.07) is 11.4. The fraction of sp³-hybridized carbons (Fsp3) is 0.391. The Bertz CT molecular complexity index is 1030. The molecular formula is C23H27N5O3. The van der Waals surface area contributed by atoms with Gasteiger partial charge in [0.1, 0.15) is 17.8 Å². The molecule has 4 rings (SSSR count). The lowest BCUT2D eigenvalue weighted by Crippen LogP contribution is -2.34. The SMILES string of the molecule is COc1ccc(OC)c(-c2cc(C(=O)NC3CCCCCC3)cc(-n3cnnn3)c2)c1.